The van der Waals surface area contributed by atoms with Gasteiger partial charge in [0.25, 0.3) is 0 Å². The number of nitrogens with zero attached hydrogens (tertiary/aromatic N) is 5. The summed E-state index contributed by atoms with van der Waals surface area (Å²) >= 11 is 1.85. The molecule has 0 aliphatic heterocycles. The fourth-order valence-electron chi connectivity index (χ4n) is 8.75. The van der Waals surface area contributed by atoms with Gasteiger partial charge in [-0.05, 0) is 48.5 Å². The smallest absolute Gasteiger partial charge is 0.162 e. The minimum atomic E-state index is 0.621. The fraction of sp³-hybridized carbons (Fsp3) is 0. The Hall–Kier alpha value is -8.06. The van der Waals surface area contributed by atoms with E-state index in [0.29, 0.717) is 11.6 Å². The van der Waals surface area contributed by atoms with E-state index < -0.39 is 0 Å². The predicted octanol–water partition coefficient (Wildman–Crippen LogP) is 14.7. The Bertz CT molecular complexity index is 3500. The molecule has 0 radical (unpaired) electrons. The minimum Gasteiger partial charge on any atom is -0.308 e. The van der Waals surface area contributed by atoms with Crippen LogP contribution in [0.3, 0.4) is 0 Å². The van der Waals surface area contributed by atoms with Gasteiger partial charge in [0.05, 0.1) is 39.5 Å². The third kappa shape index (κ3) is 6.16. The predicted molar refractivity (Wildman–Crippen MR) is 257 cm³/mol. The maximum Gasteiger partial charge on any atom is 0.162 e. The van der Waals surface area contributed by atoms with Crippen LogP contribution in [0.2, 0.25) is 0 Å². The molecule has 12 aromatic rings. The molecule has 0 saturated carbocycles. The number of para-hydroxylation sites is 1. The number of rotatable bonds is 7. The summed E-state index contributed by atoms with van der Waals surface area (Å²) in [6, 6.07) is 74.1. The van der Waals surface area contributed by atoms with Crippen LogP contribution in [-0.2, 0) is 0 Å². The number of hydrogen-bond donors (Lipinski definition) is 0. The van der Waals surface area contributed by atoms with Crippen LogP contribution in [0.15, 0.2) is 212 Å². The van der Waals surface area contributed by atoms with Crippen molar-refractivity contribution in [3.8, 4) is 73.5 Å². The van der Waals surface area contributed by atoms with E-state index in [-0.39, 0.29) is 0 Å². The third-order valence-corrected chi connectivity index (χ3v) is 12.8. The van der Waals surface area contributed by atoms with Gasteiger partial charge in [0.15, 0.2) is 11.6 Å². The SMILES string of the molecule is c1ccc(-c2cc(-c3ccc(-n4c5ccccc5c5c6c(ccc54)sc4ccccc46)c(-c4nc(-c5ccccc5)cc(-c5ccccc5)n4)c3)nc(-c3ccccc3)n2)cc1. The molecule has 0 fully saturated rings. The molecule has 4 heterocycles. The van der Waals surface area contributed by atoms with Gasteiger partial charge < -0.3 is 4.57 Å². The molecule has 5 nitrogen and oxygen atoms in total. The Labute approximate surface area is 361 Å². The van der Waals surface area contributed by atoms with Crippen LogP contribution in [0.5, 0.6) is 0 Å². The molecule has 0 saturated heterocycles. The zero-order valence-electron chi connectivity index (χ0n) is 33.4. The normalized spacial score (nSPS) is 11.5. The standard InChI is InChI=1S/C56H35N5S/c1-5-17-36(18-6-1)44-35-47(58-55(57-44)39-23-11-4-12-24-39)40-29-30-49(43(33-40)56-59-45(37-19-7-2-8-20-37)34-46(60-56)38-21-9-3-10-22-38)61-48-27-15-13-25-41(48)53-50(61)31-32-52-54(53)42-26-14-16-28-51(42)62-52/h1-35H. The van der Waals surface area contributed by atoms with E-state index in [1.807, 2.05) is 59.9 Å². The second kappa shape index (κ2) is 14.9. The molecule has 62 heavy (non-hydrogen) atoms. The topological polar surface area (TPSA) is 56.5 Å². The summed E-state index contributed by atoms with van der Waals surface area (Å²) < 4.78 is 4.96. The molecular formula is C56H35N5S. The van der Waals surface area contributed by atoms with Gasteiger partial charge in [-0.15, -0.1) is 11.3 Å². The van der Waals surface area contributed by atoms with Crippen LogP contribution in [0.4, 0.5) is 0 Å². The van der Waals surface area contributed by atoms with Gasteiger partial charge in [0, 0.05) is 64.3 Å². The summed E-state index contributed by atoms with van der Waals surface area (Å²) in [7, 11) is 0. The lowest BCUT2D eigenvalue weighted by Crippen LogP contribution is -2.03. The van der Waals surface area contributed by atoms with Crippen molar-refractivity contribution >= 4 is 53.3 Å². The van der Waals surface area contributed by atoms with Gasteiger partial charge in [0.2, 0.25) is 0 Å². The zero-order valence-corrected chi connectivity index (χ0v) is 34.2. The lowest BCUT2D eigenvalue weighted by Gasteiger charge is -2.17. The van der Waals surface area contributed by atoms with Crippen molar-refractivity contribution < 1.29 is 0 Å². The van der Waals surface area contributed by atoms with E-state index in [9.17, 15) is 0 Å². The second-order valence-corrected chi connectivity index (χ2v) is 16.5. The van der Waals surface area contributed by atoms with Gasteiger partial charge in [0.1, 0.15) is 0 Å². The van der Waals surface area contributed by atoms with Crippen molar-refractivity contribution in [1.82, 2.24) is 24.5 Å². The van der Waals surface area contributed by atoms with Gasteiger partial charge >= 0.3 is 0 Å². The maximum absolute atomic E-state index is 5.42. The Kier molecular flexibility index (Phi) is 8.61. The van der Waals surface area contributed by atoms with Gasteiger partial charge in [-0.1, -0.05) is 164 Å². The van der Waals surface area contributed by atoms with E-state index in [1.54, 1.807) is 0 Å². The molecule has 6 heteroatoms. The van der Waals surface area contributed by atoms with E-state index in [1.165, 1.54) is 30.9 Å². The Morgan fingerprint density at radius 1 is 0.323 bits per heavy atom. The molecule has 290 valence electrons. The Morgan fingerprint density at radius 3 is 1.44 bits per heavy atom. The summed E-state index contributed by atoms with van der Waals surface area (Å²) in [5.74, 6) is 1.28. The number of aromatic nitrogens is 5. The molecule has 0 amide bonds. The molecule has 12 rings (SSSR count). The summed E-state index contributed by atoms with van der Waals surface area (Å²) in [6.07, 6.45) is 0. The second-order valence-electron chi connectivity index (χ2n) is 15.4. The van der Waals surface area contributed by atoms with Crippen molar-refractivity contribution in [2.24, 2.45) is 0 Å². The van der Waals surface area contributed by atoms with E-state index in [4.69, 9.17) is 19.9 Å². The third-order valence-electron chi connectivity index (χ3n) is 11.6. The average molecular weight is 810 g/mol. The molecule has 0 spiro atoms. The van der Waals surface area contributed by atoms with Crippen LogP contribution < -0.4 is 0 Å². The number of benzene rings is 8. The van der Waals surface area contributed by atoms with Crippen LogP contribution >= 0.6 is 11.3 Å². The van der Waals surface area contributed by atoms with Crippen molar-refractivity contribution in [3.63, 3.8) is 0 Å². The van der Waals surface area contributed by atoms with Crippen molar-refractivity contribution in [1.29, 1.82) is 0 Å². The van der Waals surface area contributed by atoms with Crippen molar-refractivity contribution in [2.75, 3.05) is 0 Å². The number of thiophene rings is 1. The van der Waals surface area contributed by atoms with Crippen molar-refractivity contribution in [3.05, 3.63) is 212 Å². The largest absolute Gasteiger partial charge is 0.308 e. The first-order chi connectivity index (χ1) is 30.7. The summed E-state index contributed by atoms with van der Waals surface area (Å²) in [6.45, 7) is 0. The highest BCUT2D eigenvalue weighted by Gasteiger charge is 2.23. The Balaban J connectivity index is 1.17. The van der Waals surface area contributed by atoms with Crippen molar-refractivity contribution in [2.45, 2.75) is 0 Å². The molecule has 4 aromatic heterocycles. The van der Waals surface area contributed by atoms with Crippen LogP contribution in [0.25, 0.3) is 115 Å². The summed E-state index contributed by atoms with van der Waals surface area (Å²) in [4.78, 5) is 21.2. The van der Waals surface area contributed by atoms with E-state index in [2.05, 4.69) is 168 Å². The molecule has 0 unspecified atom stereocenters. The molecule has 8 aromatic carbocycles. The first-order valence-electron chi connectivity index (χ1n) is 20.7. The summed E-state index contributed by atoms with van der Waals surface area (Å²) in [5.41, 5.74) is 12.4. The Morgan fingerprint density at radius 2 is 0.823 bits per heavy atom. The average Bonchev–Trinajstić information content (AvgIpc) is 3.90. The van der Waals surface area contributed by atoms with Gasteiger partial charge in [-0.3, -0.25) is 0 Å². The van der Waals surface area contributed by atoms with Crippen LogP contribution in [0, 0.1) is 0 Å². The molecule has 0 bridgehead atoms. The van der Waals surface area contributed by atoms with E-state index in [0.717, 1.165) is 72.9 Å². The minimum absolute atomic E-state index is 0.621. The highest BCUT2D eigenvalue weighted by molar-refractivity contribution is 7.26. The zero-order chi connectivity index (χ0) is 41.0. The first kappa shape index (κ1) is 35.8. The quantitative estimate of drug-likeness (QED) is 0.161. The lowest BCUT2D eigenvalue weighted by molar-refractivity contribution is 1.13. The van der Waals surface area contributed by atoms with Crippen LogP contribution in [-0.4, -0.2) is 24.5 Å². The lowest BCUT2D eigenvalue weighted by atomic mass is 10.0. The van der Waals surface area contributed by atoms with Gasteiger partial charge in [-0.2, -0.15) is 0 Å². The highest BCUT2D eigenvalue weighted by atomic mass is 32.1. The molecule has 0 atom stereocenters. The fourth-order valence-corrected chi connectivity index (χ4v) is 9.87. The molecule has 0 aliphatic carbocycles. The molecule has 0 N–H and O–H groups in total. The van der Waals surface area contributed by atoms with Crippen LogP contribution in [0.1, 0.15) is 0 Å². The molecular weight excluding hydrogens is 775 g/mol. The summed E-state index contributed by atoms with van der Waals surface area (Å²) in [5, 5.41) is 5.00. The van der Waals surface area contributed by atoms with E-state index >= 15 is 0 Å². The first-order valence-corrected chi connectivity index (χ1v) is 21.5. The highest BCUT2D eigenvalue weighted by Crippen LogP contribution is 2.45. The number of hydrogen-bond acceptors (Lipinski definition) is 5. The molecule has 0 aliphatic rings. The maximum atomic E-state index is 5.42. The van der Waals surface area contributed by atoms with Gasteiger partial charge in [-0.25, -0.2) is 19.9 Å². The monoisotopic (exact) mass is 809 g/mol. The number of fused-ring (bicyclic) bond motifs is 7.